The van der Waals surface area contributed by atoms with Crippen molar-refractivity contribution in [3.63, 3.8) is 0 Å². The van der Waals surface area contributed by atoms with Crippen LogP contribution in [0.5, 0.6) is 0 Å². The lowest BCUT2D eigenvalue weighted by Gasteiger charge is -2.26. The second-order valence-corrected chi connectivity index (χ2v) is 6.20. The minimum Gasteiger partial charge on any atom is -0.377 e. The number of nitrogens with one attached hydrogen (secondary N) is 1. The number of hydrogen-bond donors (Lipinski definition) is 1. The monoisotopic (exact) mass is 248 g/mol. The standard InChI is InChI=1S/C10H20N2O3S/c13-16(14,12-6-2-1-3-7-12)11-9-10-5-4-8-15-10/h10-11H,1-9H2/t10-/m0/s1. The van der Waals surface area contributed by atoms with E-state index in [1.54, 1.807) is 4.31 Å². The van der Waals surface area contributed by atoms with Crippen LogP contribution in [-0.2, 0) is 14.9 Å². The summed E-state index contributed by atoms with van der Waals surface area (Å²) in [6.45, 7) is 2.48. The van der Waals surface area contributed by atoms with E-state index in [-0.39, 0.29) is 6.10 Å². The van der Waals surface area contributed by atoms with Gasteiger partial charge in [-0.15, -0.1) is 0 Å². The summed E-state index contributed by atoms with van der Waals surface area (Å²) >= 11 is 0. The topological polar surface area (TPSA) is 58.6 Å². The van der Waals surface area contributed by atoms with Crippen molar-refractivity contribution < 1.29 is 13.2 Å². The SMILES string of the molecule is O=S(=O)(NC[C@@H]1CCCO1)N1CCCCC1. The predicted octanol–water partition coefficient (Wildman–Crippen LogP) is 0.486. The molecule has 0 aliphatic carbocycles. The summed E-state index contributed by atoms with van der Waals surface area (Å²) in [5.41, 5.74) is 0. The molecule has 2 saturated heterocycles. The second kappa shape index (κ2) is 5.44. The van der Waals surface area contributed by atoms with Crippen molar-refractivity contribution in [3.8, 4) is 0 Å². The first-order valence-corrected chi connectivity index (χ1v) is 7.49. The minimum atomic E-state index is -3.27. The third-order valence-corrected chi connectivity index (χ3v) is 4.75. The van der Waals surface area contributed by atoms with Crippen molar-refractivity contribution in [3.05, 3.63) is 0 Å². The Balaban J connectivity index is 1.81. The smallest absolute Gasteiger partial charge is 0.279 e. The van der Waals surface area contributed by atoms with Crippen LogP contribution in [0.2, 0.25) is 0 Å². The van der Waals surface area contributed by atoms with E-state index >= 15 is 0 Å². The second-order valence-electron chi connectivity index (χ2n) is 4.45. The molecule has 0 radical (unpaired) electrons. The van der Waals surface area contributed by atoms with Crippen molar-refractivity contribution in [2.75, 3.05) is 26.2 Å². The van der Waals surface area contributed by atoms with E-state index in [0.29, 0.717) is 19.6 Å². The molecule has 0 amide bonds. The van der Waals surface area contributed by atoms with Gasteiger partial charge in [0, 0.05) is 26.2 Å². The molecule has 5 nitrogen and oxygen atoms in total. The molecule has 2 heterocycles. The number of piperidine rings is 1. The summed E-state index contributed by atoms with van der Waals surface area (Å²) in [5.74, 6) is 0. The highest BCUT2D eigenvalue weighted by molar-refractivity contribution is 7.87. The van der Waals surface area contributed by atoms with Gasteiger partial charge in [0.1, 0.15) is 0 Å². The lowest BCUT2D eigenvalue weighted by atomic mass is 10.2. The van der Waals surface area contributed by atoms with Crippen LogP contribution in [0.3, 0.4) is 0 Å². The van der Waals surface area contributed by atoms with Gasteiger partial charge in [-0.25, -0.2) is 0 Å². The molecular weight excluding hydrogens is 228 g/mol. The van der Waals surface area contributed by atoms with Gasteiger partial charge in [-0.1, -0.05) is 6.42 Å². The van der Waals surface area contributed by atoms with Gasteiger partial charge in [0.05, 0.1) is 6.10 Å². The molecule has 2 aliphatic heterocycles. The lowest BCUT2D eigenvalue weighted by Crippen LogP contribution is -2.45. The molecule has 0 unspecified atom stereocenters. The van der Waals surface area contributed by atoms with Crippen LogP contribution >= 0.6 is 0 Å². The van der Waals surface area contributed by atoms with Crippen LogP contribution in [0.1, 0.15) is 32.1 Å². The zero-order chi connectivity index (χ0) is 11.4. The zero-order valence-electron chi connectivity index (χ0n) is 9.52. The molecule has 16 heavy (non-hydrogen) atoms. The Morgan fingerprint density at radius 3 is 2.56 bits per heavy atom. The van der Waals surface area contributed by atoms with Gasteiger partial charge >= 0.3 is 0 Å². The van der Waals surface area contributed by atoms with E-state index < -0.39 is 10.2 Å². The first kappa shape index (κ1) is 12.3. The van der Waals surface area contributed by atoms with E-state index in [4.69, 9.17) is 4.74 Å². The molecule has 2 aliphatic rings. The fourth-order valence-corrected chi connectivity index (χ4v) is 3.52. The Morgan fingerprint density at radius 2 is 1.94 bits per heavy atom. The van der Waals surface area contributed by atoms with E-state index in [2.05, 4.69) is 4.72 Å². The maximum absolute atomic E-state index is 11.9. The van der Waals surface area contributed by atoms with Crippen molar-refractivity contribution in [2.45, 2.75) is 38.2 Å². The number of rotatable bonds is 4. The number of ether oxygens (including phenoxy) is 1. The summed E-state index contributed by atoms with van der Waals surface area (Å²) in [7, 11) is -3.27. The Bertz CT molecular complexity index is 306. The normalized spacial score (nSPS) is 28.4. The van der Waals surface area contributed by atoms with Crippen LogP contribution in [0.25, 0.3) is 0 Å². The molecule has 0 aromatic carbocycles. The lowest BCUT2D eigenvalue weighted by molar-refractivity contribution is 0.114. The van der Waals surface area contributed by atoms with E-state index in [9.17, 15) is 8.42 Å². The summed E-state index contributed by atoms with van der Waals surface area (Å²) in [4.78, 5) is 0. The maximum Gasteiger partial charge on any atom is 0.279 e. The fourth-order valence-electron chi connectivity index (χ4n) is 2.20. The molecule has 2 rings (SSSR count). The van der Waals surface area contributed by atoms with Crippen molar-refractivity contribution in [1.29, 1.82) is 0 Å². The van der Waals surface area contributed by atoms with Crippen LogP contribution in [0.15, 0.2) is 0 Å². The maximum atomic E-state index is 11.9. The molecule has 0 aromatic rings. The summed E-state index contributed by atoms with van der Waals surface area (Å²) in [6, 6.07) is 0. The average Bonchev–Trinajstić information content (AvgIpc) is 2.81. The Hall–Kier alpha value is -0.170. The van der Waals surface area contributed by atoms with Gasteiger partial charge in [0.2, 0.25) is 0 Å². The predicted molar refractivity (Wildman–Crippen MR) is 61.3 cm³/mol. The summed E-state index contributed by atoms with van der Waals surface area (Å²) < 4.78 is 33.4. The number of nitrogens with zero attached hydrogens (tertiary/aromatic N) is 1. The third kappa shape index (κ3) is 3.16. The van der Waals surface area contributed by atoms with Crippen LogP contribution < -0.4 is 4.72 Å². The Kier molecular flexibility index (Phi) is 4.18. The van der Waals surface area contributed by atoms with E-state index in [0.717, 1.165) is 38.7 Å². The quantitative estimate of drug-likeness (QED) is 0.787. The van der Waals surface area contributed by atoms with Crippen LogP contribution in [0.4, 0.5) is 0 Å². The third-order valence-electron chi connectivity index (χ3n) is 3.17. The zero-order valence-corrected chi connectivity index (χ0v) is 10.3. The highest BCUT2D eigenvalue weighted by Gasteiger charge is 2.25. The van der Waals surface area contributed by atoms with Gasteiger partial charge in [-0.05, 0) is 25.7 Å². The van der Waals surface area contributed by atoms with Crippen molar-refractivity contribution in [2.24, 2.45) is 0 Å². The molecule has 0 saturated carbocycles. The van der Waals surface area contributed by atoms with Crippen molar-refractivity contribution >= 4 is 10.2 Å². The van der Waals surface area contributed by atoms with Gasteiger partial charge in [0.25, 0.3) is 10.2 Å². The van der Waals surface area contributed by atoms with E-state index in [1.807, 2.05) is 0 Å². The summed E-state index contributed by atoms with van der Waals surface area (Å²) in [5, 5.41) is 0. The minimum absolute atomic E-state index is 0.0690. The highest BCUT2D eigenvalue weighted by Crippen LogP contribution is 2.14. The van der Waals surface area contributed by atoms with Crippen LogP contribution in [0, 0.1) is 0 Å². The molecule has 2 fully saturated rings. The highest BCUT2D eigenvalue weighted by atomic mass is 32.2. The molecule has 0 bridgehead atoms. The molecule has 1 atom stereocenters. The molecule has 0 spiro atoms. The number of hydrogen-bond acceptors (Lipinski definition) is 3. The van der Waals surface area contributed by atoms with Gasteiger partial charge < -0.3 is 4.74 Å². The molecule has 1 N–H and O–H groups in total. The molecule has 94 valence electrons. The van der Waals surface area contributed by atoms with E-state index in [1.165, 1.54) is 0 Å². The summed E-state index contributed by atoms with van der Waals surface area (Å²) in [6.07, 6.45) is 5.15. The fraction of sp³-hybridized carbons (Fsp3) is 1.00. The van der Waals surface area contributed by atoms with Gasteiger partial charge in [-0.2, -0.15) is 17.4 Å². The average molecular weight is 248 g/mol. The molecular formula is C10H20N2O3S. The Morgan fingerprint density at radius 1 is 1.19 bits per heavy atom. The molecule has 0 aromatic heterocycles. The molecule has 6 heteroatoms. The van der Waals surface area contributed by atoms with Gasteiger partial charge in [-0.3, -0.25) is 0 Å². The van der Waals surface area contributed by atoms with Gasteiger partial charge in [0.15, 0.2) is 0 Å². The van der Waals surface area contributed by atoms with Crippen molar-refractivity contribution in [1.82, 2.24) is 9.03 Å². The first-order valence-electron chi connectivity index (χ1n) is 6.05. The first-order chi connectivity index (χ1) is 7.68. The Labute approximate surface area is 97.3 Å². The van der Waals surface area contributed by atoms with Crippen LogP contribution in [-0.4, -0.2) is 45.1 Å². The largest absolute Gasteiger partial charge is 0.377 e.